The molecule has 7 nitrogen and oxygen atoms in total. The summed E-state index contributed by atoms with van der Waals surface area (Å²) in [5.41, 5.74) is 8.41. The lowest BCUT2D eigenvalue weighted by Crippen LogP contribution is -2.29. The van der Waals surface area contributed by atoms with Gasteiger partial charge in [-0.25, -0.2) is 4.79 Å². The van der Waals surface area contributed by atoms with E-state index in [0.29, 0.717) is 46.6 Å². The number of cyclic esters (lactones) is 1. The van der Waals surface area contributed by atoms with E-state index < -0.39 is 11.8 Å². The highest BCUT2D eigenvalue weighted by atomic mass is 32.1. The van der Waals surface area contributed by atoms with E-state index in [1.54, 1.807) is 24.3 Å². The number of hydrogen-bond donors (Lipinski definition) is 1. The van der Waals surface area contributed by atoms with Crippen molar-refractivity contribution in [1.82, 2.24) is 8.75 Å². The average molecular weight is 641 g/mol. The van der Waals surface area contributed by atoms with Crippen LogP contribution in [-0.4, -0.2) is 26.1 Å². The van der Waals surface area contributed by atoms with Crippen LogP contribution in [0.25, 0.3) is 16.6 Å². The highest BCUT2D eigenvalue weighted by Crippen LogP contribution is 2.45. The molecule has 8 heteroatoms. The third kappa shape index (κ3) is 7.19. The van der Waals surface area contributed by atoms with E-state index in [0.717, 1.165) is 45.8 Å². The number of fused-ring (bicyclic) bond motifs is 1. The second-order valence-electron chi connectivity index (χ2n) is 11.3. The molecule has 1 aliphatic rings. The third-order valence-corrected chi connectivity index (χ3v) is 8.46. The van der Waals surface area contributed by atoms with Gasteiger partial charge < -0.3 is 14.6 Å². The van der Waals surface area contributed by atoms with Gasteiger partial charge in [0, 0.05) is 23.1 Å². The first-order valence-corrected chi connectivity index (χ1v) is 15.8. The largest absolute Gasteiger partial charge is 0.489 e. The van der Waals surface area contributed by atoms with E-state index in [1.807, 2.05) is 111 Å². The molecule has 1 atom stereocenters. The maximum Gasteiger partial charge on any atom is 0.342 e. The summed E-state index contributed by atoms with van der Waals surface area (Å²) < 4.78 is 20.2. The Kier molecular flexibility index (Phi) is 9.33. The summed E-state index contributed by atoms with van der Waals surface area (Å²) in [6, 6.07) is 37.9. The van der Waals surface area contributed by atoms with E-state index in [1.165, 1.54) is 5.56 Å². The Morgan fingerprint density at radius 3 is 2.13 bits per heavy atom. The third-order valence-electron chi connectivity index (χ3n) is 7.91. The predicted molar refractivity (Wildman–Crippen MR) is 183 cm³/mol. The van der Waals surface area contributed by atoms with Gasteiger partial charge in [0.15, 0.2) is 0 Å². The molecule has 0 radical (unpaired) electrons. The quantitative estimate of drug-likeness (QED) is 0.134. The number of carbonyl (C=O) groups excluding carboxylic acids is 2. The lowest BCUT2D eigenvalue weighted by molar-refractivity contribution is -0.185. The van der Waals surface area contributed by atoms with Crippen molar-refractivity contribution >= 4 is 40.6 Å². The van der Waals surface area contributed by atoms with Gasteiger partial charge in [-0.15, -0.1) is 0 Å². The van der Waals surface area contributed by atoms with Crippen LogP contribution in [0.4, 0.5) is 0 Å². The summed E-state index contributed by atoms with van der Waals surface area (Å²) in [6.07, 6.45) is 1.18. The highest BCUT2D eigenvalue weighted by molar-refractivity contribution is 7.00. The van der Waals surface area contributed by atoms with Gasteiger partial charge in [0.25, 0.3) is 5.79 Å². The molecule has 0 bridgehead atoms. The van der Waals surface area contributed by atoms with Crippen LogP contribution in [0.3, 0.4) is 0 Å². The van der Waals surface area contributed by atoms with Gasteiger partial charge in [0.1, 0.15) is 29.7 Å². The maximum absolute atomic E-state index is 13.3. The number of aromatic nitrogens is 2. The first-order valence-electron chi connectivity index (χ1n) is 15.1. The van der Waals surface area contributed by atoms with Gasteiger partial charge in [-0.05, 0) is 66.9 Å². The molecule has 0 amide bonds. The number of aryl methyl sites for hydroxylation is 2. The Morgan fingerprint density at radius 1 is 0.787 bits per heavy atom. The van der Waals surface area contributed by atoms with Crippen LogP contribution in [0, 0.1) is 13.8 Å². The molecule has 0 aliphatic carbocycles. The van der Waals surface area contributed by atoms with Crippen molar-refractivity contribution in [2.45, 2.75) is 32.7 Å². The van der Waals surface area contributed by atoms with E-state index in [4.69, 9.17) is 9.47 Å². The van der Waals surface area contributed by atoms with Gasteiger partial charge in [0.05, 0.1) is 17.3 Å². The Hall–Kier alpha value is -5.44. The summed E-state index contributed by atoms with van der Waals surface area (Å²) in [6.45, 7) is 4.44. The topological polar surface area (TPSA) is 98.6 Å². The Labute approximate surface area is 277 Å². The van der Waals surface area contributed by atoms with Crippen molar-refractivity contribution in [3.63, 3.8) is 0 Å². The fraction of sp³-hybridized carbons (Fsp3) is 0.128. The molecule has 5 aromatic carbocycles. The summed E-state index contributed by atoms with van der Waals surface area (Å²) in [4.78, 5) is 23.4. The van der Waals surface area contributed by atoms with Crippen LogP contribution in [0.15, 0.2) is 127 Å². The number of nitrogens with zero attached hydrogens (tertiary/aromatic N) is 2. The van der Waals surface area contributed by atoms with E-state index >= 15 is 0 Å². The Bertz CT molecular complexity index is 2040. The van der Waals surface area contributed by atoms with Crippen molar-refractivity contribution in [3.05, 3.63) is 166 Å². The van der Waals surface area contributed by atoms with Gasteiger partial charge in [-0.3, -0.25) is 4.79 Å². The summed E-state index contributed by atoms with van der Waals surface area (Å²) in [5, 5.41) is 11.9. The van der Waals surface area contributed by atoms with Gasteiger partial charge >= 0.3 is 5.97 Å². The van der Waals surface area contributed by atoms with Crippen LogP contribution in [-0.2, 0) is 28.3 Å². The summed E-state index contributed by atoms with van der Waals surface area (Å²) in [7, 11) is 0. The van der Waals surface area contributed by atoms with Crippen molar-refractivity contribution in [2.24, 2.45) is 0 Å². The van der Waals surface area contributed by atoms with Crippen LogP contribution in [0.2, 0.25) is 0 Å². The smallest absolute Gasteiger partial charge is 0.342 e. The van der Waals surface area contributed by atoms with Crippen LogP contribution >= 0.6 is 11.7 Å². The standard InChI is InChI=1S/C31H24N2O4S.C8H8O/c1-20-7-9-21(10-8-20)17-26-29(23-11-16-27-28(18-23)33-38-32-27)30(34)37-31(26,35)24-12-14-25(15-13-24)36-19-22-5-3-2-4-6-22;1-7-2-4-8(6-9)5-3-7/h2-16,18,35H,17,19H2,1H3;2-6H,1H3. The fourth-order valence-electron chi connectivity index (χ4n) is 5.28. The lowest BCUT2D eigenvalue weighted by Gasteiger charge is -2.26. The lowest BCUT2D eigenvalue weighted by atomic mass is 9.88. The minimum Gasteiger partial charge on any atom is -0.489 e. The monoisotopic (exact) mass is 640 g/mol. The van der Waals surface area contributed by atoms with Crippen molar-refractivity contribution < 1.29 is 24.2 Å². The number of carbonyl (C=O) groups is 2. The number of hydrogen-bond acceptors (Lipinski definition) is 8. The van der Waals surface area contributed by atoms with Gasteiger partial charge in [-0.2, -0.15) is 8.75 Å². The van der Waals surface area contributed by atoms with Crippen LogP contribution in [0.1, 0.15) is 43.7 Å². The SMILES string of the molecule is Cc1ccc(C=O)cc1.Cc1ccc(CC2=C(c3ccc4nsnc4c3)C(=O)OC2(O)c2ccc(OCc3ccccc3)cc2)cc1. The number of ether oxygens (including phenoxy) is 2. The maximum atomic E-state index is 13.3. The Balaban J connectivity index is 0.000000373. The number of aldehydes is 1. The predicted octanol–water partition coefficient (Wildman–Crippen LogP) is 7.78. The minimum absolute atomic E-state index is 0.331. The first-order chi connectivity index (χ1) is 22.8. The van der Waals surface area contributed by atoms with Gasteiger partial charge in [-0.1, -0.05) is 96.1 Å². The molecule has 6 aromatic rings. The molecule has 7 rings (SSSR count). The summed E-state index contributed by atoms with van der Waals surface area (Å²) >= 11 is 1.12. The van der Waals surface area contributed by atoms with E-state index in [-0.39, 0.29) is 0 Å². The molecular formula is C39H32N2O5S. The van der Waals surface area contributed by atoms with Crippen molar-refractivity contribution in [2.75, 3.05) is 0 Å². The molecule has 0 saturated heterocycles. The molecule has 47 heavy (non-hydrogen) atoms. The van der Waals surface area contributed by atoms with Crippen molar-refractivity contribution in [3.8, 4) is 5.75 Å². The number of rotatable bonds is 8. The zero-order chi connectivity index (χ0) is 32.8. The molecule has 1 aliphatic heterocycles. The van der Waals surface area contributed by atoms with Crippen LogP contribution in [0.5, 0.6) is 5.75 Å². The normalized spacial score (nSPS) is 15.6. The highest BCUT2D eigenvalue weighted by Gasteiger charge is 2.48. The second kappa shape index (κ2) is 13.9. The Morgan fingerprint density at radius 2 is 1.45 bits per heavy atom. The minimum atomic E-state index is -1.93. The molecule has 2 heterocycles. The zero-order valence-corrected chi connectivity index (χ0v) is 26.7. The molecule has 1 aromatic heterocycles. The molecule has 0 fully saturated rings. The fourth-order valence-corrected chi connectivity index (χ4v) is 5.80. The molecule has 0 spiro atoms. The molecular weight excluding hydrogens is 609 g/mol. The number of esters is 1. The van der Waals surface area contributed by atoms with Crippen LogP contribution < -0.4 is 4.74 Å². The van der Waals surface area contributed by atoms with E-state index in [2.05, 4.69) is 8.75 Å². The van der Waals surface area contributed by atoms with Crippen molar-refractivity contribution in [1.29, 1.82) is 0 Å². The number of aliphatic hydroxyl groups is 1. The molecule has 1 unspecified atom stereocenters. The second-order valence-corrected chi connectivity index (χ2v) is 11.9. The zero-order valence-electron chi connectivity index (χ0n) is 25.9. The average Bonchev–Trinajstić information content (AvgIpc) is 3.67. The van der Waals surface area contributed by atoms with E-state index in [9.17, 15) is 14.7 Å². The summed E-state index contributed by atoms with van der Waals surface area (Å²) in [5.74, 6) is -1.86. The first kappa shape index (κ1) is 31.5. The molecule has 1 N–H and O–H groups in total. The number of benzene rings is 5. The molecule has 234 valence electrons. The van der Waals surface area contributed by atoms with Gasteiger partial charge in [0.2, 0.25) is 0 Å². The molecule has 0 saturated carbocycles.